The van der Waals surface area contributed by atoms with Crippen molar-refractivity contribution >= 4 is 29.0 Å². The van der Waals surface area contributed by atoms with Crippen LogP contribution < -0.4 is 14.5 Å². The Labute approximate surface area is 188 Å². The predicted molar refractivity (Wildman–Crippen MR) is 115 cm³/mol. The lowest BCUT2D eigenvalue weighted by Gasteiger charge is -2.37. The van der Waals surface area contributed by atoms with Crippen LogP contribution in [-0.4, -0.2) is 61.8 Å². The van der Waals surface area contributed by atoms with E-state index in [1.165, 1.54) is 24.0 Å². The van der Waals surface area contributed by atoms with Gasteiger partial charge in [0.2, 0.25) is 5.91 Å². The van der Waals surface area contributed by atoms with Crippen LogP contribution in [0, 0.1) is 0 Å². The summed E-state index contributed by atoms with van der Waals surface area (Å²) in [5.41, 5.74) is 0.507. The van der Waals surface area contributed by atoms with E-state index < -0.39 is 11.7 Å². The molecule has 2 heterocycles. The number of carbonyl (C=O) groups is 3. The molecule has 4 rings (SSSR count). The molecule has 0 spiro atoms. The summed E-state index contributed by atoms with van der Waals surface area (Å²) in [4.78, 5) is 41.8. The number of hydrogen-bond donors (Lipinski definition) is 0. The lowest BCUT2D eigenvalue weighted by Crippen LogP contribution is -2.53. The second-order valence-electron chi connectivity index (χ2n) is 7.92. The van der Waals surface area contributed by atoms with E-state index in [1.807, 2.05) is 0 Å². The summed E-state index contributed by atoms with van der Waals surface area (Å²) < 4.78 is 44.4. The topological polar surface area (TPSA) is 70.2 Å². The van der Waals surface area contributed by atoms with E-state index in [4.69, 9.17) is 4.74 Å². The molecule has 174 valence electrons. The van der Waals surface area contributed by atoms with Crippen molar-refractivity contribution in [2.24, 2.45) is 0 Å². The maximum Gasteiger partial charge on any atom is 0.416 e. The minimum Gasteiger partial charge on any atom is -0.482 e. The average molecular weight is 461 g/mol. The quantitative estimate of drug-likeness (QED) is 0.655. The van der Waals surface area contributed by atoms with Gasteiger partial charge in [-0.3, -0.25) is 19.3 Å². The number of Topliss-reactive ketones (excluding diaryl/α,β-unsaturated/α-hetero) is 1. The Balaban J connectivity index is 1.43. The molecule has 10 heteroatoms. The van der Waals surface area contributed by atoms with Crippen LogP contribution >= 0.6 is 0 Å². The minimum absolute atomic E-state index is 0.173. The summed E-state index contributed by atoms with van der Waals surface area (Å²) in [5, 5.41) is 0. The molecule has 1 fully saturated rings. The first-order valence-electron chi connectivity index (χ1n) is 10.4. The Hall–Kier alpha value is -3.56. The third-order valence-corrected chi connectivity index (χ3v) is 5.77. The van der Waals surface area contributed by atoms with E-state index in [2.05, 4.69) is 0 Å². The number of alkyl halides is 3. The van der Waals surface area contributed by atoms with Gasteiger partial charge in [0.25, 0.3) is 5.91 Å². The van der Waals surface area contributed by atoms with Crippen LogP contribution in [0.15, 0.2) is 42.5 Å². The third-order valence-electron chi connectivity index (χ3n) is 5.77. The van der Waals surface area contributed by atoms with Gasteiger partial charge in [0.15, 0.2) is 12.4 Å². The molecule has 2 amide bonds. The fourth-order valence-corrected chi connectivity index (χ4v) is 3.92. The lowest BCUT2D eigenvalue weighted by molar-refractivity contribution is -0.137. The van der Waals surface area contributed by atoms with Crippen LogP contribution in [0.4, 0.5) is 24.5 Å². The second kappa shape index (κ2) is 8.76. The number of nitrogens with zero attached hydrogens (tertiary/aromatic N) is 3. The summed E-state index contributed by atoms with van der Waals surface area (Å²) in [7, 11) is 0. The first-order chi connectivity index (χ1) is 15.6. The number of anilines is 2. The molecule has 2 aromatic rings. The molecule has 2 aromatic carbocycles. The molecule has 7 nitrogen and oxygen atoms in total. The molecular formula is C23H22F3N3O4. The molecule has 0 atom stereocenters. The normalized spacial score (nSPS) is 16.4. The van der Waals surface area contributed by atoms with Crippen LogP contribution in [0.5, 0.6) is 5.75 Å². The van der Waals surface area contributed by atoms with E-state index in [0.29, 0.717) is 48.9 Å². The Morgan fingerprint density at radius 2 is 1.76 bits per heavy atom. The van der Waals surface area contributed by atoms with Crippen molar-refractivity contribution in [1.82, 2.24) is 4.90 Å². The molecule has 0 aromatic heterocycles. The highest BCUT2D eigenvalue weighted by Gasteiger charge is 2.32. The molecule has 0 bridgehead atoms. The van der Waals surface area contributed by atoms with Crippen LogP contribution in [0.3, 0.4) is 0 Å². The minimum atomic E-state index is -4.42. The molecule has 33 heavy (non-hydrogen) atoms. The van der Waals surface area contributed by atoms with Gasteiger partial charge in [0.05, 0.1) is 11.3 Å². The van der Waals surface area contributed by atoms with Crippen LogP contribution in [0.2, 0.25) is 0 Å². The maximum absolute atomic E-state index is 13.0. The highest BCUT2D eigenvalue weighted by molar-refractivity contribution is 6.04. The molecule has 1 saturated heterocycles. The SMILES string of the molecule is CC(=O)c1ccc2c(c1)N(CC(=O)N1CCN(c3cccc(C(F)(F)F)c3)CC1)C(=O)CO2. The van der Waals surface area contributed by atoms with Gasteiger partial charge >= 0.3 is 6.18 Å². The molecule has 0 N–H and O–H groups in total. The van der Waals surface area contributed by atoms with Gasteiger partial charge < -0.3 is 14.5 Å². The average Bonchev–Trinajstić information content (AvgIpc) is 2.80. The number of hydrogen-bond acceptors (Lipinski definition) is 5. The molecule has 2 aliphatic heterocycles. The number of fused-ring (bicyclic) bond motifs is 1. The Morgan fingerprint density at radius 1 is 1.03 bits per heavy atom. The van der Waals surface area contributed by atoms with Crippen molar-refractivity contribution < 1.29 is 32.3 Å². The monoisotopic (exact) mass is 461 g/mol. The molecule has 0 aliphatic carbocycles. The molecular weight excluding hydrogens is 439 g/mol. The lowest BCUT2D eigenvalue weighted by atomic mass is 10.1. The molecule has 2 aliphatic rings. The third kappa shape index (κ3) is 4.79. The van der Waals surface area contributed by atoms with Crippen molar-refractivity contribution in [1.29, 1.82) is 0 Å². The van der Waals surface area contributed by atoms with Crippen LogP contribution in [0.1, 0.15) is 22.8 Å². The van der Waals surface area contributed by atoms with E-state index in [9.17, 15) is 27.6 Å². The van der Waals surface area contributed by atoms with Gasteiger partial charge in [-0.25, -0.2) is 0 Å². The second-order valence-corrected chi connectivity index (χ2v) is 7.92. The van der Waals surface area contributed by atoms with Gasteiger partial charge in [-0.15, -0.1) is 0 Å². The number of rotatable bonds is 4. The van der Waals surface area contributed by atoms with E-state index in [1.54, 1.807) is 28.0 Å². The summed E-state index contributed by atoms with van der Waals surface area (Å²) in [5.74, 6) is -0.429. The van der Waals surface area contributed by atoms with Crippen molar-refractivity contribution in [3.8, 4) is 5.75 Å². The number of ketones is 1. The first-order valence-corrected chi connectivity index (χ1v) is 10.4. The summed E-state index contributed by atoms with van der Waals surface area (Å²) in [6.45, 7) is 2.36. The zero-order chi connectivity index (χ0) is 23.8. The Bertz CT molecular complexity index is 1090. The van der Waals surface area contributed by atoms with Crippen molar-refractivity contribution in [3.05, 3.63) is 53.6 Å². The van der Waals surface area contributed by atoms with E-state index in [-0.39, 0.29) is 30.7 Å². The van der Waals surface area contributed by atoms with Crippen molar-refractivity contribution in [2.75, 3.05) is 49.1 Å². The van der Waals surface area contributed by atoms with Crippen molar-refractivity contribution in [2.45, 2.75) is 13.1 Å². The smallest absolute Gasteiger partial charge is 0.416 e. The summed E-state index contributed by atoms with van der Waals surface area (Å²) >= 11 is 0. The van der Waals surface area contributed by atoms with Crippen LogP contribution in [-0.2, 0) is 15.8 Å². The van der Waals surface area contributed by atoms with Gasteiger partial charge in [0.1, 0.15) is 12.3 Å². The number of halogens is 3. The van der Waals surface area contributed by atoms with E-state index in [0.717, 1.165) is 12.1 Å². The molecule has 0 radical (unpaired) electrons. The Morgan fingerprint density at radius 3 is 2.42 bits per heavy atom. The fourth-order valence-electron chi connectivity index (χ4n) is 3.92. The summed E-state index contributed by atoms with van der Waals surface area (Å²) in [6.07, 6.45) is -4.42. The van der Waals surface area contributed by atoms with Gasteiger partial charge in [-0.05, 0) is 43.3 Å². The summed E-state index contributed by atoms with van der Waals surface area (Å²) in [6, 6.07) is 9.85. The number of piperazine rings is 1. The number of ether oxygens (including phenoxy) is 1. The fraction of sp³-hybridized carbons (Fsp3) is 0.348. The standard InChI is InChI=1S/C23H22F3N3O4/c1-15(30)16-5-6-20-19(11-16)29(22(32)14-33-20)13-21(31)28-9-7-27(8-10-28)18-4-2-3-17(12-18)23(24,25)26/h2-6,11-12H,7-10,13-14H2,1H3. The maximum atomic E-state index is 13.0. The van der Waals surface area contributed by atoms with Gasteiger partial charge in [-0.1, -0.05) is 6.07 Å². The highest BCUT2D eigenvalue weighted by atomic mass is 19.4. The zero-order valence-corrected chi connectivity index (χ0v) is 17.9. The number of amides is 2. The largest absolute Gasteiger partial charge is 0.482 e. The number of benzene rings is 2. The van der Waals surface area contributed by atoms with Crippen molar-refractivity contribution in [3.63, 3.8) is 0 Å². The molecule has 0 unspecified atom stereocenters. The van der Waals surface area contributed by atoms with E-state index >= 15 is 0 Å². The zero-order valence-electron chi connectivity index (χ0n) is 17.9. The highest BCUT2D eigenvalue weighted by Crippen LogP contribution is 2.34. The number of carbonyl (C=O) groups excluding carboxylic acids is 3. The predicted octanol–water partition coefficient (Wildman–Crippen LogP) is 2.98. The van der Waals surface area contributed by atoms with Gasteiger partial charge in [-0.2, -0.15) is 13.2 Å². The van der Waals surface area contributed by atoms with Gasteiger partial charge in [0, 0.05) is 37.4 Å². The van der Waals surface area contributed by atoms with Crippen LogP contribution in [0.25, 0.3) is 0 Å². The molecule has 0 saturated carbocycles. The first kappa shape index (κ1) is 22.6. The Kier molecular flexibility index (Phi) is 6.01.